The first kappa shape index (κ1) is 18.2. The Hall–Kier alpha value is -2.64. The number of aromatic nitrogens is 1. The second-order valence-electron chi connectivity index (χ2n) is 6.35. The van der Waals surface area contributed by atoms with Crippen molar-refractivity contribution in [2.24, 2.45) is 0 Å². The number of ketones is 1. The van der Waals surface area contributed by atoms with Crippen LogP contribution in [0.4, 0.5) is 11.4 Å². The zero-order valence-corrected chi connectivity index (χ0v) is 15.1. The molecule has 7 nitrogen and oxygen atoms in total. The van der Waals surface area contributed by atoms with Crippen LogP contribution in [0.1, 0.15) is 5.69 Å². The van der Waals surface area contributed by atoms with Gasteiger partial charge in [0.05, 0.1) is 36.1 Å². The lowest BCUT2D eigenvalue weighted by molar-refractivity contribution is -0.123. The van der Waals surface area contributed by atoms with Gasteiger partial charge in [0, 0.05) is 45.6 Å². The van der Waals surface area contributed by atoms with Gasteiger partial charge in [0.25, 0.3) is 0 Å². The van der Waals surface area contributed by atoms with Gasteiger partial charge in [-0.1, -0.05) is 0 Å². The number of Topliss-reactive ketones (excluding diaryl/α,β-unsaturated/α-hetero) is 1. The number of benzene rings is 1. The molecule has 26 heavy (non-hydrogen) atoms. The van der Waals surface area contributed by atoms with Crippen LogP contribution in [0.15, 0.2) is 36.5 Å². The molecule has 0 bridgehead atoms. The lowest BCUT2D eigenvalue weighted by Gasteiger charge is -2.37. The number of carbonyl (C=O) groups is 1. The van der Waals surface area contributed by atoms with Crippen molar-refractivity contribution in [1.82, 2.24) is 9.88 Å². The minimum atomic E-state index is 0.131. The van der Waals surface area contributed by atoms with E-state index in [1.54, 1.807) is 31.5 Å². The van der Waals surface area contributed by atoms with Crippen molar-refractivity contribution >= 4 is 17.2 Å². The quantitative estimate of drug-likeness (QED) is 0.699. The molecule has 0 atom stereocenters. The fourth-order valence-corrected chi connectivity index (χ4v) is 2.89. The van der Waals surface area contributed by atoms with Gasteiger partial charge in [-0.3, -0.25) is 14.7 Å². The van der Waals surface area contributed by atoms with E-state index in [0.29, 0.717) is 29.4 Å². The molecule has 2 heterocycles. The molecule has 0 amide bonds. The SMILES string of the molecule is CNc1ccc(Oc2ccnc(CC(=O)CN3CC(OC)C3)c2)cc1N. The molecule has 1 aliphatic rings. The summed E-state index contributed by atoms with van der Waals surface area (Å²) in [6, 6.07) is 9.00. The summed E-state index contributed by atoms with van der Waals surface area (Å²) >= 11 is 0. The fourth-order valence-electron chi connectivity index (χ4n) is 2.89. The van der Waals surface area contributed by atoms with E-state index < -0.39 is 0 Å². The van der Waals surface area contributed by atoms with E-state index in [0.717, 1.165) is 18.8 Å². The molecule has 3 rings (SSSR count). The Labute approximate surface area is 153 Å². The second kappa shape index (κ2) is 8.16. The summed E-state index contributed by atoms with van der Waals surface area (Å²) in [6.07, 6.45) is 2.18. The molecule has 0 saturated carbocycles. The van der Waals surface area contributed by atoms with Crippen molar-refractivity contribution < 1.29 is 14.3 Å². The fraction of sp³-hybridized carbons (Fsp3) is 0.368. The summed E-state index contributed by atoms with van der Waals surface area (Å²) in [5.41, 5.74) is 8.10. The Morgan fingerprint density at radius 1 is 1.31 bits per heavy atom. The van der Waals surface area contributed by atoms with Crippen molar-refractivity contribution in [1.29, 1.82) is 0 Å². The summed E-state index contributed by atoms with van der Waals surface area (Å²) in [7, 11) is 3.51. The number of nitrogens with zero attached hydrogens (tertiary/aromatic N) is 2. The van der Waals surface area contributed by atoms with Gasteiger partial charge in [-0.15, -0.1) is 0 Å². The van der Waals surface area contributed by atoms with Gasteiger partial charge >= 0.3 is 0 Å². The molecule has 1 aliphatic heterocycles. The average Bonchev–Trinajstić information content (AvgIpc) is 2.58. The van der Waals surface area contributed by atoms with Gasteiger partial charge < -0.3 is 20.5 Å². The number of rotatable bonds is 8. The van der Waals surface area contributed by atoms with Crippen LogP contribution in [0.25, 0.3) is 0 Å². The summed E-state index contributed by atoms with van der Waals surface area (Å²) in [5.74, 6) is 1.39. The summed E-state index contributed by atoms with van der Waals surface area (Å²) in [5, 5.41) is 3.01. The third-order valence-corrected chi connectivity index (χ3v) is 4.35. The van der Waals surface area contributed by atoms with E-state index in [-0.39, 0.29) is 18.3 Å². The largest absolute Gasteiger partial charge is 0.457 e. The highest BCUT2D eigenvalue weighted by Crippen LogP contribution is 2.28. The molecule has 1 saturated heterocycles. The molecular weight excluding hydrogens is 332 g/mol. The predicted octanol–water partition coefficient (Wildman–Crippen LogP) is 1.94. The van der Waals surface area contributed by atoms with Crippen LogP contribution >= 0.6 is 0 Å². The van der Waals surface area contributed by atoms with Crippen LogP contribution < -0.4 is 15.8 Å². The minimum Gasteiger partial charge on any atom is -0.457 e. The van der Waals surface area contributed by atoms with Gasteiger partial charge in [-0.25, -0.2) is 0 Å². The highest BCUT2D eigenvalue weighted by atomic mass is 16.5. The molecule has 0 unspecified atom stereocenters. The molecule has 3 N–H and O–H groups in total. The predicted molar refractivity (Wildman–Crippen MR) is 101 cm³/mol. The van der Waals surface area contributed by atoms with Crippen molar-refractivity contribution in [3.63, 3.8) is 0 Å². The number of hydrogen-bond acceptors (Lipinski definition) is 7. The summed E-state index contributed by atoms with van der Waals surface area (Å²) in [4.78, 5) is 18.6. The number of ether oxygens (including phenoxy) is 2. The number of nitrogens with one attached hydrogen (secondary N) is 1. The van der Waals surface area contributed by atoms with E-state index in [1.165, 1.54) is 0 Å². The average molecular weight is 356 g/mol. The number of likely N-dealkylation sites (tertiary alicyclic amines) is 1. The number of carbonyl (C=O) groups excluding carboxylic acids is 1. The summed E-state index contributed by atoms with van der Waals surface area (Å²) < 4.78 is 11.1. The normalized spacial score (nSPS) is 14.7. The third-order valence-electron chi connectivity index (χ3n) is 4.35. The first-order chi connectivity index (χ1) is 12.6. The number of methoxy groups -OCH3 is 1. The topological polar surface area (TPSA) is 89.7 Å². The maximum Gasteiger partial charge on any atom is 0.152 e. The number of nitrogens with two attached hydrogens (primary N) is 1. The van der Waals surface area contributed by atoms with E-state index in [4.69, 9.17) is 15.2 Å². The molecule has 1 aromatic heterocycles. The van der Waals surface area contributed by atoms with E-state index in [9.17, 15) is 4.79 Å². The Morgan fingerprint density at radius 3 is 2.77 bits per heavy atom. The van der Waals surface area contributed by atoms with Crippen molar-refractivity contribution in [3.8, 4) is 11.5 Å². The second-order valence-corrected chi connectivity index (χ2v) is 6.35. The van der Waals surface area contributed by atoms with Gasteiger partial charge in [-0.05, 0) is 18.2 Å². The monoisotopic (exact) mass is 356 g/mol. The highest BCUT2D eigenvalue weighted by Gasteiger charge is 2.27. The van der Waals surface area contributed by atoms with Crippen LogP contribution in [-0.4, -0.2) is 55.6 Å². The van der Waals surface area contributed by atoms with Crippen LogP contribution in [-0.2, 0) is 16.0 Å². The zero-order valence-electron chi connectivity index (χ0n) is 15.1. The lowest BCUT2D eigenvalue weighted by atomic mass is 10.1. The number of nitrogen functional groups attached to an aromatic ring is 1. The number of hydrogen-bond donors (Lipinski definition) is 2. The van der Waals surface area contributed by atoms with Crippen LogP contribution in [0.3, 0.4) is 0 Å². The Kier molecular flexibility index (Phi) is 5.70. The number of pyridine rings is 1. The molecule has 138 valence electrons. The van der Waals surface area contributed by atoms with Crippen LogP contribution in [0.2, 0.25) is 0 Å². The van der Waals surface area contributed by atoms with Gasteiger partial charge in [0.2, 0.25) is 0 Å². The molecule has 2 aromatic rings. The maximum absolute atomic E-state index is 12.2. The van der Waals surface area contributed by atoms with Gasteiger partial charge in [-0.2, -0.15) is 0 Å². The number of anilines is 2. The van der Waals surface area contributed by atoms with Crippen molar-refractivity contribution in [3.05, 3.63) is 42.2 Å². The molecule has 7 heteroatoms. The maximum atomic E-state index is 12.2. The highest BCUT2D eigenvalue weighted by molar-refractivity contribution is 5.82. The summed E-state index contributed by atoms with van der Waals surface area (Å²) in [6.45, 7) is 2.04. The first-order valence-electron chi connectivity index (χ1n) is 8.54. The van der Waals surface area contributed by atoms with Crippen LogP contribution in [0, 0.1) is 0 Å². The van der Waals surface area contributed by atoms with Crippen molar-refractivity contribution in [2.75, 3.05) is 44.8 Å². The molecule has 1 aromatic carbocycles. The smallest absolute Gasteiger partial charge is 0.152 e. The van der Waals surface area contributed by atoms with E-state index in [2.05, 4.69) is 15.2 Å². The van der Waals surface area contributed by atoms with E-state index in [1.807, 2.05) is 19.2 Å². The van der Waals surface area contributed by atoms with E-state index >= 15 is 0 Å². The zero-order chi connectivity index (χ0) is 18.5. The van der Waals surface area contributed by atoms with Crippen molar-refractivity contribution in [2.45, 2.75) is 12.5 Å². The molecule has 0 aliphatic carbocycles. The lowest BCUT2D eigenvalue weighted by Crippen LogP contribution is -2.53. The molecule has 0 spiro atoms. The Morgan fingerprint density at radius 2 is 2.08 bits per heavy atom. The molecule has 1 fully saturated rings. The first-order valence-corrected chi connectivity index (χ1v) is 8.54. The van der Waals surface area contributed by atoms with Gasteiger partial charge in [0.15, 0.2) is 5.78 Å². The Balaban J connectivity index is 1.57. The molecular formula is C19H24N4O3. The minimum absolute atomic E-state index is 0.131. The van der Waals surface area contributed by atoms with Crippen LogP contribution in [0.5, 0.6) is 11.5 Å². The standard InChI is InChI=1S/C19H24N4O3/c1-21-19-4-3-15(9-18(19)20)26-16-5-6-22-13(8-16)7-14(24)10-23-11-17(12-23)25-2/h3-6,8-9,17,21H,7,10-12,20H2,1-2H3. The third kappa shape index (κ3) is 4.50. The van der Waals surface area contributed by atoms with Gasteiger partial charge in [0.1, 0.15) is 11.5 Å². The molecule has 0 radical (unpaired) electrons. The Bertz CT molecular complexity index is 775.